The number of carbonyl (C=O) groups is 2. The van der Waals surface area contributed by atoms with Crippen LogP contribution in [0.4, 0.5) is 5.69 Å². The molecule has 10 heteroatoms. The molecule has 1 fully saturated rings. The number of hydrogen-bond acceptors (Lipinski definition) is 8. The zero-order chi connectivity index (χ0) is 19.4. The van der Waals surface area contributed by atoms with Crippen molar-refractivity contribution in [2.24, 2.45) is 0 Å². The van der Waals surface area contributed by atoms with E-state index in [1.807, 2.05) is 0 Å². The van der Waals surface area contributed by atoms with Gasteiger partial charge in [0.15, 0.2) is 0 Å². The van der Waals surface area contributed by atoms with Gasteiger partial charge < -0.3 is 40.7 Å². The molecule has 1 aromatic rings. The first-order valence-corrected chi connectivity index (χ1v) is 7.90. The van der Waals surface area contributed by atoms with Gasteiger partial charge in [-0.3, -0.25) is 0 Å². The van der Waals surface area contributed by atoms with E-state index in [1.165, 1.54) is 12.1 Å². The van der Waals surface area contributed by atoms with Crippen LogP contribution in [0.25, 0.3) is 0 Å². The number of carboxylic acid groups (broad SMARTS) is 2. The first-order chi connectivity index (χ1) is 12.2. The van der Waals surface area contributed by atoms with Crippen molar-refractivity contribution in [2.75, 3.05) is 18.5 Å². The van der Waals surface area contributed by atoms with E-state index in [-0.39, 0.29) is 29.8 Å². The molecule has 1 aromatic carbocycles. The van der Waals surface area contributed by atoms with Crippen LogP contribution in [0.5, 0.6) is 0 Å². The van der Waals surface area contributed by atoms with Gasteiger partial charge in [-0.05, 0) is 24.6 Å². The molecule has 26 heavy (non-hydrogen) atoms. The second kappa shape index (κ2) is 8.43. The first kappa shape index (κ1) is 20.1. The summed E-state index contributed by atoms with van der Waals surface area (Å²) in [6.07, 6.45) is -6.01. The molecule has 0 aliphatic carbocycles. The lowest BCUT2D eigenvalue weighted by atomic mass is 9.93. The molecule has 5 unspecified atom stereocenters. The third-order valence-electron chi connectivity index (χ3n) is 4.18. The van der Waals surface area contributed by atoms with Gasteiger partial charge in [0, 0.05) is 12.2 Å². The molecular weight excluding hydrogens is 350 g/mol. The minimum Gasteiger partial charge on any atom is -0.478 e. The largest absolute Gasteiger partial charge is 0.478 e. The lowest BCUT2D eigenvalue weighted by Gasteiger charge is -2.40. The van der Waals surface area contributed by atoms with Crippen LogP contribution in [0.2, 0.25) is 0 Å². The van der Waals surface area contributed by atoms with Crippen LogP contribution in [0, 0.1) is 0 Å². The molecule has 7 N–H and O–H groups in total. The lowest BCUT2D eigenvalue weighted by Crippen LogP contribution is -2.58. The van der Waals surface area contributed by atoms with Gasteiger partial charge in [-0.25, -0.2) is 9.59 Å². The predicted molar refractivity (Wildman–Crippen MR) is 87.2 cm³/mol. The maximum Gasteiger partial charge on any atom is 0.335 e. The Morgan fingerprint density at radius 1 is 0.923 bits per heavy atom. The molecule has 0 saturated carbocycles. The Bertz CT molecular complexity index is 631. The van der Waals surface area contributed by atoms with Gasteiger partial charge in [0.2, 0.25) is 0 Å². The Morgan fingerprint density at radius 2 is 1.46 bits per heavy atom. The van der Waals surface area contributed by atoms with E-state index in [0.29, 0.717) is 0 Å². The lowest BCUT2D eigenvalue weighted by molar-refractivity contribution is -0.229. The predicted octanol–water partition coefficient (Wildman–Crippen LogP) is -1.27. The number of aromatic carboxylic acids is 2. The number of nitrogens with one attached hydrogen (secondary N) is 1. The molecule has 1 aliphatic rings. The fourth-order valence-electron chi connectivity index (χ4n) is 2.75. The van der Waals surface area contributed by atoms with E-state index in [9.17, 15) is 24.9 Å². The summed E-state index contributed by atoms with van der Waals surface area (Å²) in [4.78, 5) is 22.2. The van der Waals surface area contributed by atoms with Gasteiger partial charge in [0.1, 0.15) is 24.4 Å². The number of carboxylic acids is 2. The van der Waals surface area contributed by atoms with Crippen molar-refractivity contribution in [3.8, 4) is 0 Å². The molecule has 0 bridgehead atoms. The first-order valence-electron chi connectivity index (χ1n) is 7.90. The third kappa shape index (κ3) is 4.48. The second-order valence-electron chi connectivity index (χ2n) is 5.99. The van der Waals surface area contributed by atoms with Crippen LogP contribution in [-0.2, 0) is 4.74 Å². The van der Waals surface area contributed by atoms with E-state index in [2.05, 4.69) is 5.32 Å². The fourth-order valence-corrected chi connectivity index (χ4v) is 2.75. The average Bonchev–Trinajstić information content (AvgIpc) is 2.61. The molecule has 0 radical (unpaired) electrons. The normalized spacial score (nSPS) is 28.5. The van der Waals surface area contributed by atoms with Crippen LogP contribution in [0.1, 0.15) is 27.1 Å². The highest BCUT2D eigenvalue weighted by Gasteiger charge is 2.42. The summed E-state index contributed by atoms with van der Waals surface area (Å²) in [5, 5.41) is 59.5. The van der Waals surface area contributed by atoms with Crippen molar-refractivity contribution in [1.82, 2.24) is 0 Å². The second-order valence-corrected chi connectivity index (χ2v) is 5.99. The SMILES string of the molecule is O=C(O)c1cc(NCCC2OC(CO)C(O)C(O)C2O)cc(C(=O)O)c1. The van der Waals surface area contributed by atoms with Gasteiger partial charge in [-0.1, -0.05) is 0 Å². The van der Waals surface area contributed by atoms with Crippen LogP contribution in [-0.4, -0.2) is 86.2 Å². The monoisotopic (exact) mass is 371 g/mol. The molecule has 1 saturated heterocycles. The zero-order valence-electron chi connectivity index (χ0n) is 13.6. The number of aliphatic hydroxyl groups excluding tert-OH is 4. The van der Waals surface area contributed by atoms with Crippen molar-refractivity contribution >= 4 is 17.6 Å². The third-order valence-corrected chi connectivity index (χ3v) is 4.18. The quantitative estimate of drug-likeness (QED) is 0.306. The topological polar surface area (TPSA) is 177 Å². The van der Waals surface area contributed by atoms with E-state index in [4.69, 9.17) is 20.1 Å². The van der Waals surface area contributed by atoms with E-state index >= 15 is 0 Å². The number of hydrogen-bond donors (Lipinski definition) is 7. The molecule has 2 rings (SSSR count). The van der Waals surface area contributed by atoms with Crippen molar-refractivity contribution < 1.29 is 45.0 Å². The molecule has 0 amide bonds. The molecule has 144 valence electrons. The van der Waals surface area contributed by atoms with Gasteiger partial charge in [0.25, 0.3) is 0 Å². The molecule has 10 nitrogen and oxygen atoms in total. The summed E-state index contributed by atoms with van der Waals surface area (Å²) in [6.45, 7) is -0.373. The Labute approximate surface area is 148 Å². The summed E-state index contributed by atoms with van der Waals surface area (Å²) < 4.78 is 5.35. The average molecular weight is 371 g/mol. The molecule has 0 spiro atoms. The summed E-state index contributed by atoms with van der Waals surface area (Å²) in [6, 6.07) is 3.57. The highest BCUT2D eigenvalue weighted by atomic mass is 16.5. The summed E-state index contributed by atoms with van der Waals surface area (Å²) in [5.41, 5.74) is -0.132. The van der Waals surface area contributed by atoms with Crippen LogP contribution in [0.3, 0.4) is 0 Å². The summed E-state index contributed by atoms with van der Waals surface area (Å²) in [5.74, 6) is -2.55. The van der Waals surface area contributed by atoms with E-state index in [1.54, 1.807) is 0 Å². The smallest absolute Gasteiger partial charge is 0.335 e. The highest BCUT2D eigenvalue weighted by Crippen LogP contribution is 2.23. The summed E-state index contributed by atoms with van der Waals surface area (Å²) in [7, 11) is 0. The zero-order valence-corrected chi connectivity index (χ0v) is 13.6. The van der Waals surface area contributed by atoms with Crippen LogP contribution >= 0.6 is 0 Å². The highest BCUT2D eigenvalue weighted by molar-refractivity contribution is 5.95. The number of aliphatic hydroxyl groups is 4. The molecule has 5 atom stereocenters. The molecule has 1 aliphatic heterocycles. The molecule has 0 aromatic heterocycles. The van der Waals surface area contributed by atoms with Crippen molar-refractivity contribution in [1.29, 1.82) is 0 Å². The van der Waals surface area contributed by atoms with Crippen molar-refractivity contribution in [3.63, 3.8) is 0 Å². The number of ether oxygens (including phenoxy) is 1. The molecule has 1 heterocycles. The Morgan fingerprint density at radius 3 is 1.96 bits per heavy atom. The minimum atomic E-state index is -1.47. The van der Waals surface area contributed by atoms with Crippen molar-refractivity contribution in [3.05, 3.63) is 29.3 Å². The van der Waals surface area contributed by atoms with E-state index in [0.717, 1.165) is 6.07 Å². The van der Waals surface area contributed by atoms with Crippen LogP contribution < -0.4 is 5.32 Å². The Kier molecular flexibility index (Phi) is 6.51. The standard InChI is InChI=1S/C16H21NO9/c18-6-11-13(20)14(21)12(19)10(26-11)1-2-17-9-4-7(15(22)23)3-8(5-9)16(24)25/h3-5,10-14,17-21H,1-2,6H2,(H,22,23)(H,24,25). The minimum absolute atomic E-state index is 0.154. The van der Waals surface area contributed by atoms with Crippen LogP contribution in [0.15, 0.2) is 18.2 Å². The number of anilines is 1. The van der Waals surface area contributed by atoms with Gasteiger partial charge in [-0.15, -0.1) is 0 Å². The summed E-state index contributed by atoms with van der Waals surface area (Å²) >= 11 is 0. The Balaban J connectivity index is 2.03. The van der Waals surface area contributed by atoms with Crippen molar-refractivity contribution in [2.45, 2.75) is 36.9 Å². The maximum absolute atomic E-state index is 11.1. The Hall–Kier alpha value is -2.24. The fraction of sp³-hybridized carbons (Fsp3) is 0.500. The van der Waals surface area contributed by atoms with Gasteiger partial charge >= 0.3 is 11.9 Å². The molecular formula is C16H21NO9. The number of benzene rings is 1. The van der Waals surface area contributed by atoms with Gasteiger partial charge in [0.05, 0.1) is 23.8 Å². The number of rotatable bonds is 7. The maximum atomic E-state index is 11.1. The van der Waals surface area contributed by atoms with E-state index < -0.39 is 49.1 Å². The van der Waals surface area contributed by atoms with Gasteiger partial charge in [-0.2, -0.15) is 0 Å².